The van der Waals surface area contributed by atoms with Crippen molar-refractivity contribution >= 4 is 45.0 Å². The van der Waals surface area contributed by atoms with Gasteiger partial charge < -0.3 is 11.1 Å². The molecule has 1 aromatic carbocycles. The largest absolute Gasteiger partial charge is 0.399 e. The molecule has 0 radical (unpaired) electrons. The maximum Gasteiger partial charge on any atom is 0.224 e. The molecule has 0 aliphatic carbocycles. The maximum absolute atomic E-state index is 11.8. The Hall–Kier alpha value is -1.53. The van der Waals surface area contributed by atoms with Gasteiger partial charge in [-0.25, -0.2) is 4.98 Å². The molecule has 3 N–H and O–H groups in total. The fourth-order valence-corrected chi connectivity index (χ4v) is 3.14. The molecule has 0 spiro atoms. The summed E-state index contributed by atoms with van der Waals surface area (Å²) in [6.07, 6.45) is 3.04. The molecule has 2 rings (SSSR count). The Morgan fingerprint density at radius 2 is 2.19 bits per heavy atom. The summed E-state index contributed by atoms with van der Waals surface area (Å²) >= 11 is 5.09. The third kappa shape index (κ3) is 5.40. The van der Waals surface area contributed by atoms with Crippen LogP contribution in [0.4, 0.5) is 11.4 Å². The molecule has 0 atom stereocenters. The molecule has 0 fully saturated rings. The van der Waals surface area contributed by atoms with Gasteiger partial charge in [-0.1, -0.05) is 6.07 Å². The highest BCUT2D eigenvalue weighted by molar-refractivity contribution is 9.10. The van der Waals surface area contributed by atoms with Gasteiger partial charge in [0, 0.05) is 34.2 Å². The van der Waals surface area contributed by atoms with E-state index in [1.54, 1.807) is 30.1 Å². The number of aromatic nitrogens is 1. The number of nitrogens with two attached hydrogens (primary N) is 1. The van der Waals surface area contributed by atoms with Crippen molar-refractivity contribution in [2.75, 3.05) is 16.8 Å². The summed E-state index contributed by atoms with van der Waals surface area (Å²) in [4.78, 5) is 16.1. The van der Waals surface area contributed by atoms with Crippen LogP contribution >= 0.6 is 27.7 Å². The predicted molar refractivity (Wildman–Crippen MR) is 91.4 cm³/mol. The smallest absolute Gasteiger partial charge is 0.224 e. The van der Waals surface area contributed by atoms with Gasteiger partial charge in [0.1, 0.15) is 5.03 Å². The van der Waals surface area contributed by atoms with Crippen molar-refractivity contribution in [1.29, 1.82) is 0 Å². The number of nitrogen functional groups attached to an aromatic ring is 1. The molecule has 0 aliphatic rings. The summed E-state index contributed by atoms with van der Waals surface area (Å²) in [5, 5.41) is 3.79. The van der Waals surface area contributed by atoms with Crippen molar-refractivity contribution in [2.24, 2.45) is 0 Å². The minimum absolute atomic E-state index is 0.00119. The van der Waals surface area contributed by atoms with Crippen LogP contribution in [-0.2, 0) is 4.79 Å². The van der Waals surface area contributed by atoms with Gasteiger partial charge >= 0.3 is 0 Å². The third-order valence-electron chi connectivity index (χ3n) is 2.68. The second kappa shape index (κ2) is 8.05. The number of anilines is 2. The standard InChI is InChI=1S/C15H16BrN3OS/c16-13-6-2-8-18-15(13)21-9-3-7-14(20)19-12-5-1-4-11(17)10-12/h1-2,4-6,8,10H,3,7,9,17H2,(H,19,20). The van der Waals surface area contributed by atoms with E-state index in [0.29, 0.717) is 12.1 Å². The third-order valence-corrected chi connectivity index (χ3v) is 4.68. The molecule has 0 unspecified atom stereocenters. The second-order valence-electron chi connectivity index (χ2n) is 4.42. The van der Waals surface area contributed by atoms with Crippen molar-refractivity contribution < 1.29 is 4.79 Å². The first-order chi connectivity index (χ1) is 10.1. The summed E-state index contributed by atoms with van der Waals surface area (Å²) in [7, 11) is 0. The van der Waals surface area contributed by atoms with Gasteiger partial charge in [0.2, 0.25) is 5.91 Å². The van der Waals surface area contributed by atoms with E-state index in [1.165, 1.54) is 0 Å². The molecular formula is C15H16BrN3OS. The van der Waals surface area contributed by atoms with Crippen molar-refractivity contribution in [2.45, 2.75) is 17.9 Å². The Morgan fingerprint density at radius 3 is 2.95 bits per heavy atom. The zero-order valence-corrected chi connectivity index (χ0v) is 13.8. The highest BCUT2D eigenvalue weighted by atomic mass is 79.9. The number of hydrogen-bond acceptors (Lipinski definition) is 4. The van der Waals surface area contributed by atoms with Crippen LogP contribution in [0, 0.1) is 0 Å². The quantitative estimate of drug-likeness (QED) is 0.462. The summed E-state index contributed by atoms with van der Waals surface area (Å²) in [6, 6.07) is 11.0. The molecule has 6 heteroatoms. The lowest BCUT2D eigenvalue weighted by atomic mass is 10.2. The van der Waals surface area contributed by atoms with Crippen LogP contribution < -0.4 is 11.1 Å². The van der Waals surface area contributed by atoms with Gasteiger partial charge in [-0.3, -0.25) is 4.79 Å². The van der Waals surface area contributed by atoms with Gasteiger partial charge in [0.05, 0.1) is 0 Å². The van der Waals surface area contributed by atoms with E-state index in [4.69, 9.17) is 5.73 Å². The minimum atomic E-state index is 0.00119. The number of rotatable bonds is 6. The highest BCUT2D eigenvalue weighted by Crippen LogP contribution is 2.25. The SMILES string of the molecule is Nc1cccc(NC(=O)CCCSc2ncccc2Br)c1. The number of carbonyl (C=O) groups excluding carboxylic acids is 1. The van der Waals surface area contributed by atoms with Crippen LogP contribution in [0.25, 0.3) is 0 Å². The highest BCUT2D eigenvalue weighted by Gasteiger charge is 2.04. The van der Waals surface area contributed by atoms with Gasteiger partial charge in [-0.15, -0.1) is 11.8 Å². The second-order valence-corrected chi connectivity index (χ2v) is 6.35. The molecule has 0 bridgehead atoms. The normalized spacial score (nSPS) is 10.3. The number of thioether (sulfide) groups is 1. The molecule has 0 saturated heterocycles. The van der Waals surface area contributed by atoms with E-state index in [9.17, 15) is 4.79 Å². The fourth-order valence-electron chi connectivity index (χ4n) is 1.72. The lowest BCUT2D eigenvalue weighted by Crippen LogP contribution is -2.11. The predicted octanol–water partition coefficient (Wildman–Crippen LogP) is 3.94. The van der Waals surface area contributed by atoms with E-state index in [1.807, 2.05) is 24.3 Å². The molecule has 1 amide bonds. The minimum Gasteiger partial charge on any atom is -0.399 e. The number of nitrogens with one attached hydrogen (secondary N) is 1. The Labute approximate surface area is 136 Å². The molecule has 110 valence electrons. The van der Waals surface area contributed by atoms with Crippen LogP contribution in [0.1, 0.15) is 12.8 Å². The Balaban J connectivity index is 1.71. The van der Waals surface area contributed by atoms with E-state index >= 15 is 0 Å². The summed E-state index contributed by atoms with van der Waals surface area (Å²) < 4.78 is 0.985. The van der Waals surface area contributed by atoms with Crippen LogP contribution in [0.2, 0.25) is 0 Å². The average molecular weight is 366 g/mol. The van der Waals surface area contributed by atoms with Crippen LogP contribution in [-0.4, -0.2) is 16.6 Å². The molecule has 4 nitrogen and oxygen atoms in total. The summed E-state index contributed by atoms with van der Waals surface area (Å²) in [5.74, 6) is 0.848. The van der Waals surface area contributed by atoms with Crippen LogP contribution in [0.3, 0.4) is 0 Å². The number of pyridine rings is 1. The summed E-state index contributed by atoms with van der Waals surface area (Å²) in [6.45, 7) is 0. The average Bonchev–Trinajstić information content (AvgIpc) is 2.45. The fraction of sp³-hybridized carbons (Fsp3) is 0.200. The number of amides is 1. The molecular weight excluding hydrogens is 350 g/mol. The number of hydrogen-bond donors (Lipinski definition) is 2. The van der Waals surface area contributed by atoms with Gasteiger partial charge in [-0.2, -0.15) is 0 Å². The van der Waals surface area contributed by atoms with E-state index in [-0.39, 0.29) is 5.91 Å². The van der Waals surface area contributed by atoms with Crippen LogP contribution in [0.5, 0.6) is 0 Å². The Morgan fingerprint density at radius 1 is 1.33 bits per heavy atom. The molecule has 2 aromatic rings. The van der Waals surface area contributed by atoms with Crippen molar-refractivity contribution in [3.8, 4) is 0 Å². The Kier molecular flexibility index (Phi) is 6.07. The Bertz CT molecular complexity index is 621. The van der Waals surface area contributed by atoms with E-state index in [2.05, 4.69) is 26.2 Å². The topological polar surface area (TPSA) is 68.0 Å². The van der Waals surface area contributed by atoms with E-state index < -0.39 is 0 Å². The number of carbonyl (C=O) groups is 1. The first-order valence-corrected chi connectivity index (χ1v) is 8.32. The lowest BCUT2D eigenvalue weighted by Gasteiger charge is -2.06. The van der Waals surface area contributed by atoms with Crippen molar-refractivity contribution in [3.63, 3.8) is 0 Å². The molecule has 1 aromatic heterocycles. The first-order valence-electron chi connectivity index (χ1n) is 6.54. The molecule has 21 heavy (non-hydrogen) atoms. The van der Waals surface area contributed by atoms with Gasteiger partial charge in [0.25, 0.3) is 0 Å². The molecule has 0 saturated carbocycles. The van der Waals surface area contributed by atoms with E-state index in [0.717, 1.165) is 27.4 Å². The lowest BCUT2D eigenvalue weighted by molar-refractivity contribution is -0.116. The van der Waals surface area contributed by atoms with Crippen molar-refractivity contribution in [1.82, 2.24) is 4.98 Å². The monoisotopic (exact) mass is 365 g/mol. The van der Waals surface area contributed by atoms with Crippen LogP contribution in [0.15, 0.2) is 52.1 Å². The maximum atomic E-state index is 11.8. The number of halogens is 1. The summed E-state index contributed by atoms with van der Waals surface area (Å²) in [5.41, 5.74) is 7.05. The first kappa shape index (κ1) is 15.9. The number of benzene rings is 1. The van der Waals surface area contributed by atoms with Crippen molar-refractivity contribution in [3.05, 3.63) is 47.1 Å². The zero-order valence-electron chi connectivity index (χ0n) is 11.4. The van der Waals surface area contributed by atoms with Gasteiger partial charge in [-0.05, 0) is 52.7 Å². The number of nitrogens with zero attached hydrogens (tertiary/aromatic N) is 1. The molecule has 0 aliphatic heterocycles. The van der Waals surface area contributed by atoms with Gasteiger partial charge in [0.15, 0.2) is 0 Å². The zero-order chi connectivity index (χ0) is 15.1. The molecule has 1 heterocycles.